The molecule has 2 heterocycles. The Labute approximate surface area is 167 Å². The molecule has 4 rings (SSSR count). The molecule has 0 spiro atoms. The molecule has 2 atom stereocenters. The predicted molar refractivity (Wildman–Crippen MR) is 101 cm³/mol. The van der Waals surface area contributed by atoms with Gasteiger partial charge in [0, 0.05) is 10.2 Å². The number of benzene rings is 2. The molecule has 0 unspecified atom stereocenters. The number of fused-ring (bicyclic) bond motifs is 1. The summed E-state index contributed by atoms with van der Waals surface area (Å²) in [5, 5.41) is 11.4. The normalized spacial score (nSPS) is 20.6. The van der Waals surface area contributed by atoms with Gasteiger partial charge in [0.25, 0.3) is 11.8 Å². The zero-order valence-electron chi connectivity index (χ0n) is 14.3. The number of imide groups is 1. The maximum atomic E-state index is 13.2. The lowest BCUT2D eigenvalue weighted by atomic mass is 10.1. The standard InChI is InChI=1S/C18H13BrFN5O3/c19-10-4-6-13(7-5-10)25-17(27)15-16(18(25)28)24(23-22-15)9-14(26)21-12-3-1-2-11(20)8-12/h1-8,15-16H,9H2,(H,21,26)/t15-,16+/m1/s1. The van der Waals surface area contributed by atoms with Crippen molar-refractivity contribution in [3.05, 3.63) is 58.8 Å². The molecule has 0 radical (unpaired) electrons. The van der Waals surface area contributed by atoms with E-state index in [2.05, 4.69) is 31.6 Å². The number of carbonyl (C=O) groups is 3. The van der Waals surface area contributed by atoms with Gasteiger partial charge in [0.2, 0.25) is 5.91 Å². The van der Waals surface area contributed by atoms with Gasteiger partial charge in [-0.3, -0.25) is 19.4 Å². The van der Waals surface area contributed by atoms with E-state index in [9.17, 15) is 18.8 Å². The molecule has 2 aromatic rings. The first-order valence-electron chi connectivity index (χ1n) is 8.30. The van der Waals surface area contributed by atoms with Gasteiger partial charge in [0.05, 0.1) is 5.69 Å². The Hall–Kier alpha value is -3.14. The van der Waals surface area contributed by atoms with E-state index in [0.717, 1.165) is 9.37 Å². The van der Waals surface area contributed by atoms with Crippen LogP contribution in [0.2, 0.25) is 0 Å². The molecule has 8 nitrogen and oxygen atoms in total. The molecule has 0 saturated carbocycles. The molecule has 1 N–H and O–H groups in total. The molecule has 0 bridgehead atoms. The van der Waals surface area contributed by atoms with Crippen molar-refractivity contribution in [2.45, 2.75) is 12.1 Å². The van der Waals surface area contributed by atoms with Crippen molar-refractivity contribution in [1.29, 1.82) is 0 Å². The highest BCUT2D eigenvalue weighted by Crippen LogP contribution is 2.32. The van der Waals surface area contributed by atoms with Gasteiger partial charge in [-0.15, -0.1) is 0 Å². The first kappa shape index (κ1) is 18.2. The predicted octanol–water partition coefficient (Wildman–Crippen LogP) is 2.52. The maximum Gasteiger partial charge on any atom is 0.263 e. The molecule has 2 aliphatic rings. The average molecular weight is 446 g/mol. The third kappa shape index (κ3) is 3.26. The second-order valence-electron chi connectivity index (χ2n) is 6.24. The Morgan fingerprint density at radius 1 is 1.14 bits per heavy atom. The van der Waals surface area contributed by atoms with Crippen molar-refractivity contribution in [3.8, 4) is 0 Å². The molecule has 1 fully saturated rings. The molecule has 142 valence electrons. The molecule has 0 aromatic heterocycles. The fraction of sp³-hybridized carbons (Fsp3) is 0.167. The van der Waals surface area contributed by atoms with Crippen LogP contribution in [0.1, 0.15) is 0 Å². The van der Waals surface area contributed by atoms with Gasteiger partial charge in [-0.1, -0.05) is 27.2 Å². The lowest BCUT2D eigenvalue weighted by Crippen LogP contribution is -2.43. The summed E-state index contributed by atoms with van der Waals surface area (Å²) >= 11 is 3.30. The molecule has 3 amide bonds. The summed E-state index contributed by atoms with van der Waals surface area (Å²) in [5.41, 5.74) is 0.704. The lowest BCUT2D eigenvalue weighted by molar-refractivity contribution is -0.123. The van der Waals surface area contributed by atoms with E-state index in [1.165, 1.54) is 29.3 Å². The van der Waals surface area contributed by atoms with Gasteiger partial charge in [0.1, 0.15) is 12.4 Å². The van der Waals surface area contributed by atoms with Crippen molar-refractivity contribution in [1.82, 2.24) is 5.01 Å². The molecule has 2 aromatic carbocycles. The van der Waals surface area contributed by atoms with Crippen LogP contribution in [0.5, 0.6) is 0 Å². The van der Waals surface area contributed by atoms with Crippen LogP contribution in [0.15, 0.2) is 63.3 Å². The van der Waals surface area contributed by atoms with Crippen LogP contribution in [0, 0.1) is 5.82 Å². The number of nitrogens with zero attached hydrogens (tertiary/aromatic N) is 4. The Morgan fingerprint density at radius 3 is 2.61 bits per heavy atom. The first-order chi connectivity index (χ1) is 13.4. The van der Waals surface area contributed by atoms with E-state index >= 15 is 0 Å². The molecule has 10 heteroatoms. The third-order valence-corrected chi connectivity index (χ3v) is 4.89. The lowest BCUT2D eigenvalue weighted by Gasteiger charge is -2.20. The average Bonchev–Trinajstić information content (AvgIpc) is 3.16. The van der Waals surface area contributed by atoms with Crippen molar-refractivity contribution < 1.29 is 18.8 Å². The minimum absolute atomic E-state index is 0.281. The number of halogens is 2. The topological polar surface area (TPSA) is 94.4 Å². The monoisotopic (exact) mass is 445 g/mol. The summed E-state index contributed by atoms with van der Waals surface area (Å²) in [5.74, 6) is -1.98. The van der Waals surface area contributed by atoms with Crippen LogP contribution in [0.25, 0.3) is 0 Å². The fourth-order valence-corrected chi connectivity index (χ4v) is 3.38. The van der Waals surface area contributed by atoms with Gasteiger partial charge >= 0.3 is 0 Å². The van der Waals surface area contributed by atoms with Crippen molar-refractivity contribution in [2.24, 2.45) is 10.3 Å². The highest BCUT2D eigenvalue weighted by Gasteiger charge is 2.55. The second-order valence-corrected chi connectivity index (χ2v) is 7.15. The number of anilines is 2. The van der Waals surface area contributed by atoms with Crippen LogP contribution in [0.3, 0.4) is 0 Å². The number of hydrogen-bond donors (Lipinski definition) is 1. The van der Waals surface area contributed by atoms with Gasteiger partial charge < -0.3 is 5.32 Å². The van der Waals surface area contributed by atoms with Crippen LogP contribution < -0.4 is 10.2 Å². The Kier molecular flexibility index (Phi) is 4.63. The van der Waals surface area contributed by atoms with Crippen molar-refractivity contribution in [2.75, 3.05) is 16.8 Å². The highest BCUT2D eigenvalue weighted by molar-refractivity contribution is 9.10. The van der Waals surface area contributed by atoms with Crippen molar-refractivity contribution in [3.63, 3.8) is 0 Å². The SMILES string of the molecule is O=C(CN1N=N[C@H]2C(=O)N(c3ccc(Br)cc3)C(=O)[C@H]21)Nc1cccc(F)c1. The second kappa shape index (κ2) is 7.12. The number of carbonyl (C=O) groups excluding carboxylic acids is 3. The molecular formula is C18H13BrFN5O3. The number of hydrogen-bond acceptors (Lipinski definition) is 6. The van der Waals surface area contributed by atoms with Gasteiger partial charge in [0.15, 0.2) is 12.1 Å². The van der Waals surface area contributed by atoms with Gasteiger partial charge in [-0.2, -0.15) is 5.11 Å². The summed E-state index contributed by atoms with van der Waals surface area (Å²) in [6.07, 6.45) is 0. The molecular weight excluding hydrogens is 433 g/mol. The summed E-state index contributed by atoms with van der Waals surface area (Å²) < 4.78 is 14.0. The van der Waals surface area contributed by atoms with E-state index in [4.69, 9.17) is 0 Å². The van der Waals surface area contributed by atoms with E-state index in [-0.39, 0.29) is 12.2 Å². The fourth-order valence-electron chi connectivity index (χ4n) is 3.11. The Balaban J connectivity index is 1.48. The van der Waals surface area contributed by atoms with Crippen LogP contribution in [-0.4, -0.2) is 41.4 Å². The molecule has 1 saturated heterocycles. The first-order valence-corrected chi connectivity index (χ1v) is 9.09. The molecule has 28 heavy (non-hydrogen) atoms. The summed E-state index contributed by atoms with van der Waals surface area (Å²) in [4.78, 5) is 38.7. The largest absolute Gasteiger partial charge is 0.324 e. The number of rotatable bonds is 4. The van der Waals surface area contributed by atoms with E-state index < -0.39 is 35.6 Å². The van der Waals surface area contributed by atoms with Crippen LogP contribution in [0.4, 0.5) is 15.8 Å². The maximum absolute atomic E-state index is 13.2. The van der Waals surface area contributed by atoms with Gasteiger partial charge in [-0.05, 0) is 42.5 Å². The van der Waals surface area contributed by atoms with Crippen LogP contribution >= 0.6 is 15.9 Å². The van der Waals surface area contributed by atoms with Crippen molar-refractivity contribution >= 4 is 45.0 Å². The van der Waals surface area contributed by atoms with E-state index in [1.807, 2.05) is 0 Å². The zero-order valence-corrected chi connectivity index (χ0v) is 15.8. The quantitative estimate of drug-likeness (QED) is 0.731. The van der Waals surface area contributed by atoms with Crippen LogP contribution in [-0.2, 0) is 14.4 Å². The summed E-state index contributed by atoms with van der Waals surface area (Å²) in [6.45, 7) is -0.297. The zero-order chi connectivity index (χ0) is 19.8. The van der Waals surface area contributed by atoms with Gasteiger partial charge in [-0.25, -0.2) is 9.29 Å². The smallest absolute Gasteiger partial charge is 0.263 e. The molecule has 0 aliphatic carbocycles. The third-order valence-electron chi connectivity index (χ3n) is 4.36. The highest BCUT2D eigenvalue weighted by atomic mass is 79.9. The Bertz CT molecular complexity index is 997. The number of nitrogens with one attached hydrogen (secondary N) is 1. The minimum atomic E-state index is -0.988. The summed E-state index contributed by atoms with van der Waals surface area (Å²) in [6, 6.07) is 10.2. The van der Waals surface area contributed by atoms with E-state index in [0.29, 0.717) is 5.69 Å². The Morgan fingerprint density at radius 2 is 1.89 bits per heavy atom. The minimum Gasteiger partial charge on any atom is -0.324 e. The van der Waals surface area contributed by atoms with E-state index in [1.54, 1.807) is 24.3 Å². The molecule has 2 aliphatic heterocycles. The summed E-state index contributed by atoms with van der Waals surface area (Å²) in [7, 11) is 0. The number of amides is 3.